The molecule has 1 heterocycles. The average Bonchev–Trinajstić information content (AvgIpc) is 2.72. The van der Waals surface area contributed by atoms with E-state index < -0.39 is 22.2 Å². The Morgan fingerprint density at radius 3 is 2.59 bits per heavy atom. The third-order valence-corrected chi connectivity index (χ3v) is 7.11. The minimum absolute atomic E-state index is 0.319. The Hall–Kier alpha value is -1.24. The van der Waals surface area contributed by atoms with Crippen LogP contribution in [0.25, 0.3) is 0 Å². The molecule has 0 saturated carbocycles. The quantitative estimate of drug-likeness (QED) is 0.321. The fourth-order valence-electron chi connectivity index (χ4n) is 2.90. The van der Waals surface area contributed by atoms with Crippen molar-refractivity contribution in [2.75, 3.05) is 6.61 Å². The summed E-state index contributed by atoms with van der Waals surface area (Å²) in [4.78, 5) is 4.09. The molecule has 2 aromatic rings. The van der Waals surface area contributed by atoms with Gasteiger partial charge in [-0.2, -0.15) is 0 Å². The number of pyridine rings is 1. The fourth-order valence-corrected chi connectivity index (χ4v) is 4.45. The summed E-state index contributed by atoms with van der Waals surface area (Å²) in [5.41, 5.74) is 1.51. The van der Waals surface area contributed by atoms with Crippen molar-refractivity contribution in [2.24, 2.45) is 0 Å². The first-order valence-corrected chi connectivity index (χ1v) is 11.5. The molecule has 0 spiro atoms. The maximum Gasteiger partial charge on any atom is 0.139 e. The smallest absolute Gasteiger partial charge is 0.139 e. The van der Waals surface area contributed by atoms with Crippen LogP contribution in [0.1, 0.15) is 57.2 Å². The molecule has 1 N–H and O–H groups in total. The summed E-state index contributed by atoms with van der Waals surface area (Å²) >= 11 is 11.6. The minimum Gasteiger partial charge on any atom is -0.598 e. The molecule has 2 atom stereocenters. The van der Waals surface area contributed by atoms with Gasteiger partial charge in [0, 0.05) is 29.3 Å². The van der Waals surface area contributed by atoms with Gasteiger partial charge >= 0.3 is 0 Å². The maximum absolute atomic E-state index is 13.3. The van der Waals surface area contributed by atoms with Crippen molar-refractivity contribution in [3.63, 3.8) is 0 Å². The topological polar surface area (TPSA) is 57.2 Å². The zero-order valence-electron chi connectivity index (χ0n) is 17.1. The van der Waals surface area contributed by atoms with Crippen LogP contribution in [-0.4, -0.2) is 20.9 Å². The van der Waals surface area contributed by atoms with Crippen molar-refractivity contribution in [3.05, 3.63) is 70.5 Å². The van der Waals surface area contributed by atoms with Crippen molar-refractivity contribution in [1.82, 2.24) is 9.71 Å². The van der Waals surface area contributed by atoms with Crippen LogP contribution in [0.4, 0.5) is 0 Å². The van der Waals surface area contributed by atoms with Gasteiger partial charge in [-0.05, 0) is 56.5 Å². The first kappa shape index (κ1) is 24.0. The fraction of sp³-hybridized carbons (Fsp3) is 0.409. The van der Waals surface area contributed by atoms with Crippen LogP contribution >= 0.6 is 23.2 Å². The molecular formula is C22H28Cl2N2O2S. The molecule has 1 aromatic carbocycles. The van der Waals surface area contributed by atoms with Gasteiger partial charge in [0.25, 0.3) is 0 Å². The largest absolute Gasteiger partial charge is 0.598 e. The Balaban J connectivity index is 2.50. The van der Waals surface area contributed by atoms with E-state index in [1.807, 2.05) is 26.0 Å². The maximum atomic E-state index is 13.3. The van der Waals surface area contributed by atoms with E-state index in [1.165, 1.54) is 0 Å². The standard InChI is InChI=1S/C22H28Cl2N2O2S/c1-5-7-12-22(3,4)29(27)26-21(16-10-13-25-14-11-16)19-18(28-15-6-2)9-8-17(23)20(19)24/h6,8-11,13-14,21,26H,2,5,7,12,15H2,1,3-4H3. The van der Waals surface area contributed by atoms with Crippen LogP contribution in [0, 0.1) is 0 Å². The summed E-state index contributed by atoms with van der Waals surface area (Å²) in [6.45, 7) is 10.2. The molecule has 2 unspecified atom stereocenters. The molecule has 0 radical (unpaired) electrons. The molecule has 0 aliphatic heterocycles. The van der Waals surface area contributed by atoms with E-state index >= 15 is 0 Å². The van der Waals surface area contributed by atoms with Crippen LogP contribution < -0.4 is 9.46 Å². The van der Waals surface area contributed by atoms with E-state index in [9.17, 15) is 4.55 Å². The summed E-state index contributed by atoms with van der Waals surface area (Å²) in [5.74, 6) is 0.567. The molecule has 4 nitrogen and oxygen atoms in total. The lowest BCUT2D eigenvalue weighted by Crippen LogP contribution is -2.43. The van der Waals surface area contributed by atoms with Gasteiger partial charge in [-0.3, -0.25) is 4.98 Å². The minimum atomic E-state index is -1.34. The molecule has 29 heavy (non-hydrogen) atoms. The monoisotopic (exact) mass is 454 g/mol. The molecular weight excluding hydrogens is 427 g/mol. The summed E-state index contributed by atoms with van der Waals surface area (Å²) in [5, 5.41) is 0.774. The number of nitrogens with zero attached hydrogens (tertiary/aromatic N) is 1. The predicted octanol–water partition coefficient (Wildman–Crippen LogP) is 6.26. The van der Waals surface area contributed by atoms with Crippen molar-refractivity contribution < 1.29 is 9.29 Å². The first-order valence-electron chi connectivity index (χ1n) is 9.61. The molecule has 2 rings (SSSR count). The van der Waals surface area contributed by atoms with Crippen molar-refractivity contribution in [1.29, 1.82) is 0 Å². The normalized spacial score (nSPS) is 13.7. The van der Waals surface area contributed by atoms with E-state index in [-0.39, 0.29) is 0 Å². The van der Waals surface area contributed by atoms with Crippen molar-refractivity contribution in [2.45, 2.75) is 50.8 Å². The third kappa shape index (κ3) is 6.37. The first-order chi connectivity index (χ1) is 13.8. The second-order valence-electron chi connectivity index (χ2n) is 7.34. The molecule has 0 amide bonds. The van der Waals surface area contributed by atoms with E-state index in [0.29, 0.717) is 28.0 Å². The molecule has 158 valence electrons. The zero-order valence-corrected chi connectivity index (χ0v) is 19.4. The number of benzene rings is 1. The second kappa shape index (κ2) is 11.2. The molecule has 0 bridgehead atoms. The summed E-state index contributed by atoms with van der Waals surface area (Å²) in [6.07, 6.45) is 7.94. The van der Waals surface area contributed by atoms with Gasteiger partial charge in [-0.1, -0.05) is 49.2 Å². The number of halogens is 2. The highest BCUT2D eigenvalue weighted by atomic mass is 35.5. The van der Waals surface area contributed by atoms with Gasteiger partial charge in [-0.25, -0.2) is 0 Å². The van der Waals surface area contributed by atoms with Crippen LogP contribution in [0.3, 0.4) is 0 Å². The van der Waals surface area contributed by atoms with E-state index in [4.69, 9.17) is 27.9 Å². The molecule has 0 aliphatic rings. The Labute approximate surface area is 187 Å². The number of unbranched alkanes of at least 4 members (excludes halogenated alkanes) is 1. The lowest BCUT2D eigenvalue weighted by Gasteiger charge is -2.32. The molecule has 0 fully saturated rings. The number of nitrogens with one attached hydrogen (secondary N) is 1. The molecule has 1 aromatic heterocycles. The van der Waals surface area contributed by atoms with Gasteiger partial charge in [0.15, 0.2) is 0 Å². The SMILES string of the molecule is C=CCOc1ccc(Cl)c(Cl)c1C(N[S+]([O-])C(C)(C)CCCC)c1ccncc1. The average molecular weight is 455 g/mol. The highest BCUT2D eigenvalue weighted by molar-refractivity contribution is 7.90. The highest BCUT2D eigenvalue weighted by Crippen LogP contribution is 2.41. The molecule has 0 saturated heterocycles. The summed E-state index contributed by atoms with van der Waals surface area (Å²) in [7, 11) is 0. The van der Waals surface area contributed by atoms with E-state index in [0.717, 1.165) is 24.8 Å². The van der Waals surface area contributed by atoms with Gasteiger partial charge < -0.3 is 9.29 Å². The molecule has 0 aliphatic carbocycles. The Morgan fingerprint density at radius 1 is 1.28 bits per heavy atom. The lowest BCUT2D eigenvalue weighted by atomic mass is 9.99. The van der Waals surface area contributed by atoms with E-state index in [2.05, 4.69) is 23.2 Å². The zero-order chi connectivity index (χ0) is 21.4. The Morgan fingerprint density at radius 2 is 1.97 bits per heavy atom. The lowest BCUT2D eigenvalue weighted by molar-refractivity contribution is 0.357. The second-order valence-corrected chi connectivity index (χ2v) is 10.00. The summed E-state index contributed by atoms with van der Waals surface area (Å²) < 4.78 is 22.0. The predicted molar refractivity (Wildman–Crippen MR) is 123 cm³/mol. The Kier molecular flexibility index (Phi) is 9.31. The molecule has 7 heteroatoms. The number of hydrogen-bond acceptors (Lipinski definition) is 4. The van der Waals surface area contributed by atoms with Crippen LogP contribution in [0.2, 0.25) is 10.0 Å². The van der Waals surface area contributed by atoms with Crippen LogP contribution in [0.15, 0.2) is 49.3 Å². The summed E-state index contributed by atoms with van der Waals surface area (Å²) in [6, 6.07) is 6.71. The Bertz CT molecular complexity index is 803. The number of rotatable bonds is 11. The van der Waals surface area contributed by atoms with Gasteiger partial charge in [-0.15, -0.1) is 4.72 Å². The number of hydrogen-bond donors (Lipinski definition) is 1. The van der Waals surface area contributed by atoms with Gasteiger partial charge in [0.05, 0.1) is 10.0 Å². The highest BCUT2D eigenvalue weighted by Gasteiger charge is 2.36. The van der Waals surface area contributed by atoms with E-state index in [1.54, 1.807) is 30.6 Å². The van der Waals surface area contributed by atoms with Gasteiger partial charge in [0.2, 0.25) is 0 Å². The van der Waals surface area contributed by atoms with Crippen molar-refractivity contribution >= 4 is 34.6 Å². The number of ether oxygens (including phenoxy) is 1. The van der Waals surface area contributed by atoms with Crippen LogP contribution in [-0.2, 0) is 11.4 Å². The third-order valence-electron chi connectivity index (χ3n) is 4.64. The van der Waals surface area contributed by atoms with Gasteiger partial charge in [0.1, 0.15) is 23.1 Å². The van der Waals surface area contributed by atoms with Crippen LogP contribution in [0.5, 0.6) is 5.75 Å². The number of aromatic nitrogens is 1. The van der Waals surface area contributed by atoms with Crippen molar-refractivity contribution in [3.8, 4) is 5.75 Å².